The Bertz CT molecular complexity index is 2300. The van der Waals surface area contributed by atoms with E-state index in [1.165, 1.54) is 23.1 Å². The summed E-state index contributed by atoms with van der Waals surface area (Å²) in [6, 6.07) is 13.5. The van der Waals surface area contributed by atoms with Gasteiger partial charge in [-0.15, -0.1) is 13.1 Å². The zero-order valence-corrected chi connectivity index (χ0v) is 31.0. The van der Waals surface area contributed by atoms with Crippen molar-refractivity contribution in [1.29, 1.82) is 0 Å². The SMILES string of the molecule is COc1nc(-c2cccc(-c3cccc(Nc4nc(C)nc5c4c(=O)n(C)c(=O)n5C)c3Cl)c2Cl)cc2c1[C@H](N1CC[C-](CN[C-]=O)C1)CC2.[Mn+2]. The number of likely N-dealkylation sites (tertiary alicyclic amines) is 1. The third-order valence-corrected chi connectivity index (χ3v) is 10.4. The third kappa shape index (κ3) is 6.53. The number of pyridine rings is 1. The number of carbonyl (C=O) groups excluding carboxylic acids is 1. The van der Waals surface area contributed by atoms with Crippen LogP contribution in [0.4, 0.5) is 11.5 Å². The van der Waals surface area contributed by atoms with Gasteiger partial charge in [0, 0.05) is 42.4 Å². The van der Waals surface area contributed by atoms with Gasteiger partial charge in [-0.05, 0) is 44.0 Å². The van der Waals surface area contributed by atoms with Crippen LogP contribution in [0.15, 0.2) is 52.1 Å². The fourth-order valence-electron chi connectivity index (χ4n) is 7.12. The van der Waals surface area contributed by atoms with Gasteiger partial charge in [-0.3, -0.25) is 19.8 Å². The molecule has 1 atom stereocenters. The number of anilines is 2. The molecule has 0 bridgehead atoms. The summed E-state index contributed by atoms with van der Waals surface area (Å²) in [4.78, 5) is 52.7. The fourth-order valence-corrected chi connectivity index (χ4v) is 7.72. The van der Waals surface area contributed by atoms with E-state index in [2.05, 4.69) is 31.6 Å². The molecule has 1 fully saturated rings. The Morgan fingerprint density at radius 2 is 1.75 bits per heavy atom. The van der Waals surface area contributed by atoms with Crippen molar-refractivity contribution in [2.45, 2.75) is 32.2 Å². The Kier molecular flexibility index (Phi) is 10.6. The number of ether oxygens (including phenoxy) is 1. The molecule has 263 valence electrons. The molecule has 1 radical (unpaired) electrons. The van der Waals surface area contributed by atoms with Crippen LogP contribution in [0.25, 0.3) is 33.4 Å². The first kappa shape index (κ1) is 36.5. The van der Waals surface area contributed by atoms with Crippen molar-refractivity contribution in [1.82, 2.24) is 34.3 Å². The van der Waals surface area contributed by atoms with E-state index in [0.29, 0.717) is 50.8 Å². The van der Waals surface area contributed by atoms with Crippen LogP contribution in [0.2, 0.25) is 10.0 Å². The van der Waals surface area contributed by atoms with Gasteiger partial charge in [0.15, 0.2) is 5.65 Å². The van der Waals surface area contributed by atoms with Gasteiger partial charge in [0.1, 0.15) is 17.0 Å². The predicted molar refractivity (Wildman–Crippen MR) is 194 cm³/mol. The topological polar surface area (TPSA) is 136 Å². The second-order valence-corrected chi connectivity index (χ2v) is 13.3. The van der Waals surface area contributed by atoms with Crippen molar-refractivity contribution in [3.05, 3.63) is 96.2 Å². The number of methoxy groups -OCH3 is 1. The molecule has 1 aliphatic carbocycles. The second kappa shape index (κ2) is 14.8. The van der Waals surface area contributed by atoms with Gasteiger partial charge in [-0.1, -0.05) is 53.5 Å². The molecular weight excluding hydrogens is 734 g/mol. The third-order valence-electron chi connectivity index (χ3n) is 9.58. The van der Waals surface area contributed by atoms with E-state index in [-0.39, 0.29) is 40.0 Å². The summed E-state index contributed by atoms with van der Waals surface area (Å²) in [6.45, 7) is 3.96. The molecule has 3 aromatic heterocycles. The van der Waals surface area contributed by atoms with E-state index in [1.54, 1.807) is 33.6 Å². The zero-order valence-electron chi connectivity index (χ0n) is 28.3. The first-order valence-electron chi connectivity index (χ1n) is 16.2. The Hall–Kier alpha value is -4.26. The van der Waals surface area contributed by atoms with Crippen LogP contribution in [0.3, 0.4) is 0 Å². The molecule has 7 rings (SSSR count). The molecule has 15 heteroatoms. The van der Waals surface area contributed by atoms with Crippen molar-refractivity contribution in [2.75, 3.05) is 32.1 Å². The number of nitrogens with zero attached hydrogens (tertiary/aromatic N) is 6. The molecule has 4 heterocycles. The molecule has 0 saturated carbocycles. The maximum atomic E-state index is 13.2. The average Bonchev–Trinajstić information content (AvgIpc) is 3.76. The number of halogens is 2. The number of hydrogen-bond acceptors (Lipinski definition) is 9. The number of amides is 1. The van der Waals surface area contributed by atoms with E-state index >= 15 is 0 Å². The van der Waals surface area contributed by atoms with Gasteiger partial charge in [-0.25, -0.2) is 19.7 Å². The molecule has 2 aliphatic rings. The van der Waals surface area contributed by atoms with Crippen LogP contribution in [-0.2, 0) is 42.4 Å². The van der Waals surface area contributed by atoms with Crippen molar-refractivity contribution in [3.8, 4) is 28.3 Å². The molecule has 5 aromatic rings. The predicted octanol–water partition coefficient (Wildman–Crippen LogP) is 5.05. The smallest absolute Gasteiger partial charge is 0.554 e. The molecular formula is C36H34Cl2MnN8O4. The van der Waals surface area contributed by atoms with Gasteiger partial charge in [0.2, 0.25) is 5.88 Å². The number of fused-ring (bicyclic) bond motifs is 2. The number of benzene rings is 2. The summed E-state index contributed by atoms with van der Waals surface area (Å²) in [7, 11) is 4.61. The monoisotopic (exact) mass is 767 g/mol. The molecule has 0 spiro atoms. The quantitative estimate of drug-likeness (QED) is 0.120. The van der Waals surface area contributed by atoms with Gasteiger partial charge in [-0.2, -0.15) is 12.8 Å². The maximum absolute atomic E-state index is 13.2. The Morgan fingerprint density at radius 3 is 2.49 bits per heavy atom. The standard InChI is InChI=1S/C36H34Cl2N8O4.Mn/c1-19-40-32(29-33(41-19)44(2)36(49)45(3)35(29)48)42-25-10-6-8-23(31(25)38)22-7-5-9-24(30(22)37)26-15-21-11-12-27(28(21)34(43-26)50-4)46-14-13-20(17-46)16-39-18-47;/h5-10,15,27H,11-14,16-17H2,1-4H3,(H,39,47)(H,40,41,42);/q-2;+2/t27-;/m1./s1. The summed E-state index contributed by atoms with van der Waals surface area (Å²) >= 11 is 14.2. The van der Waals surface area contributed by atoms with E-state index in [1.807, 2.05) is 30.3 Å². The van der Waals surface area contributed by atoms with Crippen LogP contribution < -0.4 is 26.6 Å². The van der Waals surface area contributed by atoms with Crippen molar-refractivity contribution < 1.29 is 26.6 Å². The minimum absolute atomic E-state index is 0. The Morgan fingerprint density at radius 1 is 1.02 bits per heavy atom. The maximum Gasteiger partial charge on any atom is 2.00 e. The van der Waals surface area contributed by atoms with Crippen LogP contribution in [0.1, 0.15) is 35.8 Å². The summed E-state index contributed by atoms with van der Waals surface area (Å²) < 4.78 is 8.22. The number of aromatic nitrogens is 5. The number of rotatable bonds is 9. The molecule has 2 aromatic carbocycles. The number of hydrogen-bond donors (Lipinski definition) is 2. The van der Waals surface area contributed by atoms with E-state index in [0.717, 1.165) is 48.0 Å². The van der Waals surface area contributed by atoms with Gasteiger partial charge in [0.25, 0.3) is 5.56 Å². The molecule has 1 amide bonds. The summed E-state index contributed by atoms with van der Waals surface area (Å²) in [5.41, 5.74) is 4.76. The number of aryl methyl sites for hydroxylation is 3. The van der Waals surface area contributed by atoms with Crippen LogP contribution in [0.5, 0.6) is 5.88 Å². The van der Waals surface area contributed by atoms with Crippen molar-refractivity contribution >= 4 is 52.2 Å². The summed E-state index contributed by atoms with van der Waals surface area (Å²) in [6.07, 6.45) is 4.53. The molecule has 1 saturated heterocycles. The van der Waals surface area contributed by atoms with E-state index in [9.17, 15) is 14.4 Å². The number of nitrogens with one attached hydrogen (secondary N) is 2. The van der Waals surface area contributed by atoms with Gasteiger partial charge < -0.3 is 25.1 Å². The van der Waals surface area contributed by atoms with E-state index < -0.39 is 11.2 Å². The Labute approximate surface area is 314 Å². The average molecular weight is 769 g/mol. The molecule has 1 aliphatic heterocycles. The summed E-state index contributed by atoms with van der Waals surface area (Å²) in [5, 5.41) is 6.89. The first-order valence-corrected chi connectivity index (χ1v) is 16.9. The molecule has 2 N–H and O–H groups in total. The minimum Gasteiger partial charge on any atom is -0.554 e. The zero-order chi connectivity index (χ0) is 35.3. The fraction of sp³-hybridized carbons (Fsp3) is 0.306. The van der Waals surface area contributed by atoms with E-state index in [4.69, 9.17) is 32.9 Å². The minimum atomic E-state index is -0.522. The Balaban J connectivity index is 0.00000448. The molecule has 0 unspecified atom stereocenters. The molecule has 51 heavy (non-hydrogen) atoms. The van der Waals surface area contributed by atoms with Crippen LogP contribution in [-0.4, -0.2) is 62.1 Å². The van der Waals surface area contributed by atoms with Gasteiger partial charge >= 0.3 is 22.8 Å². The molecule has 12 nitrogen and oxygen atoms in total. The first-order chi connectivity index (χ1) is 24.1. The van der Waals surface area contributed by atoms with Crippen LogP contribution >= 0.6 is 23.2 Å². The van der Waals surface area contributed by atoms with Crippen molar-refractivity contribution in [2.24, 2.45) is 14.1 Å². The summed E-state index contributed by atoms with van der Waals surface area (Å²) in [5.74, 6) is 2.47. The van der Waals surface area contributed by atoms with Crippen molar-refractivity contribution in [3.63, 3.8) is 0 Å². The second-order valence-electron chi connectivity index (χ2n) is 12.6. The normalized spacial score (nSPS) is 15.8. The van der Waals surface area contributed by atoms with Crippen LogP contribution in [0, 0.1) is 12.8 Å². The largest absolute Gasteiger partial charge is 2.00 e. The van der Waals surface area contributed by atoms with Gasteiger partial charge in [0.05, 0.1) is 28.5 Å².